The van der Waals surface area contributed by atoms with Crippen molar-refractivity contribution < 1.29 is 38.6 Å². The van der Waals surface area contributed by atoms with Crippen molar-refractivity contribution >= 4 is 17.7 Å². The minimum Gasteiger partial charge on any atom is -0.383 e. The Bertz CT molecular complexity index is 608. The Morgan fingerprint density at radius 3 is 1.65 bits per heavy atom. The van der Waals surface area contributed by atoms with Crippen LogP contribution in [0.2, 0.25) is 0 Å². The molecule has 5 heteroatoms. The van der Waals surface area contributed by atoms with Crippen LogP contribution in [0.1, 0.15) is 20.7 Å². The Morgan fingerprint density at radius 1 is 0.700 bits per heavy atom. The molecule has 2 rings (SSSR count). The van der Waals surface area contributed by atoms with E-state index in [9.17, 15) is 14.4 Å². The molecule has 0 fully saturated rings. The quantitative estimate of drug-likeness (QED) is 0.286. The maximum Gasteiger partial charge on any atom is 0.387 e. The summed E-state index contributed by atoms with van der Waals surface area (Å²) in [5, 5.41) is 0. The molecule has 0 aliphatic heterocycles. The van der Waals surface area contributed by atoms with Gasteiger partial charge in [-0.05, 0) is 12.1 Å². The zero-order chi connectivity index (χ0) is 13.7. The number of Topliss-reactive ketones (excluding diaryl/α,β-unsaturated/α-hetero) is 1. The van der Waals surface area contributed by atoms with Gasteiger partial charge in [0.1, 0.15) is 0 Å². The van der Waals surface area contributed by atoms with E-state index in [4.69, 9.17) is 0 Å². The molecule has 0 saturated heterocycles. The fraction of sp³-hybridized carbons (Fsp3) is 0. The summed E-state index contributed by atoms with van der Waals surface area (Å²) in [6.07, 6.45) is 0. The number of rotatable bonds is 3. The average molecular weight is 320 g/mol. The minimum absolute atomic E-state index is 0. The zero-order valence-corrected chi connectivity index (χ0v) is 13.6. The van der Waals surface area contributed by atoms with Crippen molar-refractivity contribution in [2.45, 2.75) is 0 Å². The molecule has 0 saturated carbocycles. The van der Waals surface area contributed by atoms with Crippen molar-refractivity contribution in [3.8, 4) is 0 Å². The van der Waals surface area contributed by atoms with Gasteiger partial charge in [0.15, 0.2) is 0 Å². The van der Waals surface area contributed by atoms with E-state index >= 15 is 0 Å². The van der Waals surface area contributed by atoms with Crippen LogP contribution in [0.15, 0.2) is 60.7 Å². The van der Waals surface area contributed by atoms with Gasteiger partial charge in [-0.3, -0.25) is 4.79 Å². The van der Waals surface area contributed by atoms with E-state index in [-0.39, 0.29) is 30.6 Å². The number of carbonyl (C=O) groups is 3. The fourth-order valence-electron chi connectivity index (χ4n) is 1.47. The molecule has 0 aliphatic carbocycles. The summed E-state index contributed by atoms with van der Waals surface area (Å²) in [5.74, 6) is -2.86. The molecule has 0 aromatic heterocycles. The summed E-state index contributed by atoms with van der Waals surface area (Å²) < 4.78 is 4.53. The Morgan fingerprint density at radius 2 is 1.15 bits per heavy atom. The molecule has 0 unspecified atom stereocenters. The molecule has 0 heterocycles. The first kappa shape index (κ1) is 15.9. The molecule has 96 valence electrons. The topological polar surface area (TPSA) is 60.4 Å². The van der Waals surface area contributed by atoms with Gasteiger partial charge in [0.25, 0.3) is 5.78 Å². The van der Waals surface area contributed by atoms with Gasteiger partial charge in [-0.1, -0.05) is 48.5 Å². The van der Waals surface area contributed by atoms with Crippen LogP contribution >= 0.6 is 0 Å². The van der Waals surface area contributed by atoms with E-state index in [1.807, 2.05) is 0 Å². The molecule has 0 N–H and O–H groups in total. The van der Waals surface area contributed by atoms with Crippen molar-refractivity contribution in [1.29, 1.82) is 0 Å². The van der Waals surface area contributed by atoms with E-state index in [1.54, 1.807) is 36.4 Å². The van der Waals surface area contributed by atoms with Crippen LogP contribution in [-0.2, 0) is 29.0 Å². The number of esters is 2. The molecular formula is C15H10O4Zn. The number of hydrogen-bond acceptors (Lipinski definition) is 4. The van der Waals surface area contributed by atoms with Gasteiger partial charge in [0.2, 0.25) is 0 Å². The van der Waals surface area contributed by atoms with Crippen molar-refractivity contribution in [2.24, 2.45) is 0 Å². The van der Waals surface area contributed by atoms with Crippen LogP contribution in [-0.4, -0.2) is 17.7 Å². The third-order valence-electron chi connectivity index (χ3n) is 2.42. The average Bonchev–Trinajstić information content (AvgIpc) is 2.48. The van der Waals surface area contributed by atoms with Crippen LogP contribution in [0, 0.1) is 0 Å². The molecular weight excluding hydrogens is 310 g/mol. The van der Waals surface area contributed by atoms with Crippen molar-refractivity contribution in [3.05, 3.63) is 71.8 Å². The Labute approximate surface area is 128 Å². The van der Waals surface area contributed by atoms with Gasteiger partial charge in [-0.25, -0.2) is 9.59 Å². The van der Waals surface area contributed by atoms with Crippen molar-refractivity contribution in [2.75, 3.05) is 0 Å². The first-order valence-electron chi connectivity index (χ1n) is 5.59. The molecule has 2 aromatic rings. The number of hydrogen-bond donors (Lipinski definition) is 0. The largest absolute Gasteiger partial charge is 0.387 e. The Hall–Kier alpha value is -2.13. The summed E-state index contributed by atoms with van der Waals surface area (Å²) in [7, 11) is 0. The third-order valence-corrected chi connectivity index (χ3v) is 2.42. The molecule has 0 spiro atoms. The number of benzene rings is 2. The molecule has 0 aliphatic rings. The number of carbonyl (C=O) groups excluding carboxylic acids is 3. The van der Waals surface area contributed by atoms with Crippen molar-refractivity contribution in [1.82, 2.24) is 0 Å². The van der Waals surface area contributed by atoms with Gasteiger partial charge < -0.3 is 4.74 Å². The van der Waals surface area contributed by atoms with E-state index in [1.165, 1.54) is 24.3 Å². The number of ether oxygens (including phenoxy) is 1. The van der Waals surface area contributed by atoms with E-state index < -0.39 is 17.7 Å². The summed E-state index contributed by atoms with van der Waals surface area (Å²) in [5.41, 5.74) is 0.407. The maximum atomic E-state index is 11.7. The number of ketones is 1. The van der Waals surface area contributed by atoms with E-state index in [2.05, 4.69) is 4.74 Å². The zero-order valence-electron chi connectivity index (χ0n) is 10.6. The second kappa shape index (κ2) is 7.46. The monoisotopic (exact) mass is 318 g/mol. The molecule has 0 bridgehead atoms. The first-order valence-corrected chi connectivity index (χ1v) is 5.59. The van der Waals surface area contributed by atoms with Crippen molar-refractivity contribution in [3.63, 3.8) is 0 Å². The van der Waals surface area contributed by atoms with E-state index in [0.717, 1.165) is 0 Å². The van der Waals surface area contributed by atoms with Gasteiger partial charge in [0, 0.05) is 25.0 Å². The molecule has 0 atom stereocenters. The molecule has 20 heavy (non-hydrogen) atoms. The third kappa shape index (κ3) is 3.93. The maximum absolute atomic E-state index is 11.7. The normalized spacial score (nSPS) is 9.20. The second-order valence-electron chi connectivity index (χ2n) is 3.74. The molecule has 4 nitrogen and oxygen atoms in total. The second-order valence-corrected chi connectivity index (χ2v) is 3.74. The van der Waals surface area contributed by atoms with Gasteiger partial charge in [-0.15, -0.1) is 0 Å². The van der Waals surface area contributed by atoms with E-state index in [0.29, 0.717) is 0 Å². The van der Waals surface area contributed by atoms with Crippen LogP contribution < -0.4 is 0 Å². The van der Waals surface area contributed by atoms with Crippen LogP contribution in [0.3, 0.4) is 0 Å². The predicted octanol–water partition coefficient (Wildman–Crippen LogP) is 2.25. The van der Waals surface area contributed by atoms with Gasteiger partial charge in [0.05, 0.1) is 5.56 Å². The van der Waals surface area contributed by atoms with Gasteiger partial charge in [-0.2, -0.15) is 0 Å². The van der Waals surface area contributed by atoms with Gasteiger partial charge >= 0.3 is 11.9 Å². The smallest absolute Gasteiger partial charge is 0.383 e. The van der Waals surface area contributed by atoms with Crippen LogP contribution in [0.5, 0.6) is 0 Å². The summed E-state index contributed by atoms with van der Waals surface area (Å²) in [6.45, 7) is 0. The molecule has 0 radical (unpaired) electrons. The summed E-state index contributed by atoms with van der Waals surface area (Å²) in [4.78, 5) is 34.8. The standard InChI is InChI=1S/C15H10O4.Zn/c16-13(11-7-3-1-4-8-11)15(18)19-14(17)12-9-5-2-6-10-12;/h1-10H;. The SMILES string of the molecule is O=C(OC(=O)c1ccccc1)C(=O)c1ccccc1.[Zn]. The molecule has 2 aromatic carbocycles. The Balaban J connectivity index is 0.00000200. The Kier molecular flexibility index (Phi) is 5.94. The summed E-state index contributed by atoms with van der Waals surface area (Å²) in [6, 6.07) is 15.9. The molecule has 0 amide bonds. The van der Waals surface area contributed by atoms with Crippen LogP contribution in [0.25, 0.3) is 0 Å². The minimum atomic E-state index is -1.18. The van der Waals surface area contributed by atoms with Crippen LogP contribution in [0.4, 0.5) is 0 Å². The fourth-order valence-corrected chi connectivity index (χ4v) is 1.47. The first-order chi connectivity index (χ1) is 9.18. The predicted molar refractivity (Wildman–Crippen MR) is 67.6 cm³/mol. The summed E-state index contributed by atoms with van der Waals surface area (Å²) >= 11 is 0.